The highest BCUT2D eigenvalue weighted by Gasteiger charge is 1.98. The van der Waals surface area contributed by atoms with Crippen molar-refractivity contribution >= 4 is 0 Å². The van der Waals surface area contributed by atoms with Crippen LogP contribution in [0.1, 0.15) is 18.1 Å². The van der Waals surface area contributed by atoms with E-state index in [1.54, 1.807) is 0 Å². The Balaban J connectivity index is 1.99. The molecule has 0 spiro atoms. The number of allylic oxidation sites excluding steroid dienone is 1. The van der Waals surface area contributed by atoms with Crippen molar-refractivity contribution in [3.8, 4) is 5.75 Å². The topological polar surface area (TPSA) is 9.23 Å². The van der Waals surface area contributed by atoms with Gasteiger partial charge in [-0.25, -0.2) is 0 Å². The van der Waals surface area contributed by atoms with E-state index in [-0.39, 0.29) is 0 Å². The predicted molar refractivity (Wildman–Crippen MR) is 75.7 cm³/mol. The third-order valence-corrected chi connectivity index (χ3v) is 2.65. The van der Waals surface area contributed by atoms with Gasteiger partial charge in [-0.05, 0) is 36.6 Å². The predicted octanol–water partition coefficient (Wildman–Crippen LogP) is 4.38. The molecule has 0 heterocycles. The molecule has 0 aliphatic heterocycles. The zero-order valence-electron chi connectivity index (χ0n) is 10.7. The van der Waals surface area contributed by atoms with Crippen LogP contribution in [0, 0.1) is 0 Å². The zero-order valence-corrected chi connectivity index (χ0v) is 10.7. The molecule has 0 bridgehead atoms. The lowest BCUT2D eigenvalue weighted by molar-refractivity contribution is 0.306. The average molecular weight is 238 g/mol. The molecule has 0 radical (unpaired) electrons. The van der Waals surface area contributed by atoms with E-state index in [1.165, 1.54) is 11.1 Å². The first kappa shape index (κ1) is 12.4. The van der Waals surface area contributed by atoms with Crippen molar-refractivity contribution in [3.63, 3.8) is 0 Å². The van der Waals surface area contributed by atoms with Gasteiger partial charge in [0.15, 0.2) is 0 Å². The Hall–Kier alpha value is -2.02. The van der Waals surface area contributed by atoms with E-state index in [0.717, 1.165) is 17.7 Å². The zero-order chi connectivity index (χ0) is 12.8. The summed E-state index contributed by atoms with van der Waals surface area (Å²) in [5.41, 5.74) is 3.59. The number of benzene rings is 2. The number of hydrogen-bond donors (Lipinski definition) is 0. The van der Waals surface area contributed by atoms with Gasteiger partial charge in [0.25, 0.3) is 0 Å². The van der Waals surface area contributed by atoms with Crippen LogP contribution in [0.25, 0.3) is 0 Å². The monoisotopic (exact) mass is 238 g/mol. The van der Waals surface area contributed by atoms with Crippen molar-refractivity contribution < 1.29 is 4.74 Å². The van der Waals surface area contributed by atoms with Crippen LogP contribution < -0.4 is 4.74 Å². The van der Waals surface area contributed by atoms with Gasteiger partial charge in [0, 0.05) is 0 Å². The summed E-state index contributed by atoms with van der Waals surface area (Å²) in [5, 5.41) is 0. The molecule has 2 rings (SSSR count). The highest BCUT2D eigenvalue weighted by molar-refractivity contribution is 5.31. The quantitative estimate of drug-likeness (QED) is 0.702. The lowest BCUT2D eigenvalue weighted by atomic mass is 10.1. The van der Waals surface area contributed by atoms with Gasteiger partial charge in [-0.15, -0.1) is 0 Å². The van der Waals surface area contributed by atoms with Crippen LogP contribution >= 0.6 is 0 Å². The van der Waals surface area contributed by atoms with Gasteiger partial charge in [0.05, 0.1) is 0 Å². The van der Waals surface area contributed by atoms with E-state index in [9.17, 15) is 0 Å². The molecule has 0 saturated heterocycles. The molecule has 92 valence electrons. The fraction of sp³-hybridized carbons (Fsp3) is 0.176. The van der Waals surface area contributed by atoms with Crippen molar-refractivity contribution in [2.45, 2.75) is 20.0 Å². The fourth-order valence-electron chi connectivity index (χ4n) is 1.83. The summed E-state index contributed by atoms with van der Waals surface area (Å²) in [5.74, 6) is 0.914. The number of ether oxygens (including phenoxy) is 1. The van der Waals surface area contributed by atoms with E-state index in [2.05, 4.69) is 30.8 Å². The van der Waals surface area contributed by atoms with Crippen LogP contribution in [0.3, 0.4) is 0 Å². The summed E-state index contributed by atoms with van der Waals surface area (Å²) in [6.45, 7) is 6.58. The molecule has 2 aromatic carbocycles. The summed E-state index contributed by atoms with van der Waals surface area (Å²) in [7, 11) is 0. The summed E-state index contributed by atoms with van der Waals surface area (Å²) < 4.78 is 5.78. The Morgan fingerprint density at radius 2 is 1.72 bits per heavy atom. The highest BCUT2D eigenvalue weighted by Crippen LogP contribution is 2.17. The highest BCUT2D eigenvalue weighted by atomic mass is 16.5. The van der Waals surface area contributed by atoms with Crippen molar-refractivity contribution in [1.29, 1.82) is 0 Å². The van der Waals surface area contributed by atoms with Gasteiger partial charge in [0.1, 0.15) is 12.4 Å². The standard InChI is InChI=1S/C17H18O/c1-14(2)11-16-9-6-10-17(12-16)18-13-15-7-4-3-5-8-15/h3-10,12H,1,11,13H2,2H3. The summed E-state index contributed by atoms with van der Waals surface area (Å²) in [4.78, 5) is 0. The third kappa shape index (κ3) is 3.77. The van der Waals surface area contributed by atoms with Gasteiger partial charge in [-0.1, -0.05) is 54.6 Å². The lowest BCUT2D eigenvalue weighted by Crippen LogP contribution is -1.95. The summed E-state index contributed by atoms with van der Waals surface area (Å²) >= 11 is 0. The Morgan fingerprint density at radius 1 is 1.00 bits per heavy atom. The molecule has 0 N–H and O–H groups in total. The molecule has 0 amide bonds. The Kier molecular flexibility index (Phi) is 4.19. The third-order valence-electron chi connectivity index (χ3n) is 2.65. The minimum atomic E-state index is 0.608. The minimum Gasteiger partial charge on any atom is -0.489 e. The first-order chi connectivity index (χ1) is 8.74. The van der Waals surface area contributed by atoms with Crippen LogP contribution in [0.15, 0.2) is 66.7 Å². The molecule has 0 saturated carbocycles. The van der Waals surface area contributed by atoms with Gasteiger partial charge in [-0.2, -0.15) is 0 Å². The van der Waals surface area contributed by atoms with Crippen molar-refractivity contribution in [1.82, 2.24) is 0 Å². The van der Waals surface area contributed by atoms with Gasteiger partial charge in [-0.3, -0.25) is 0 Å². The maximum atomic E-state index is 5.78. The van der Waals surface area contributed by atoms with Crippen molar-refractivity contribution in [3.05, 3.63) is 77.9 Å². The lowest BCUT2D eigenvalue weighted by Gasteiger charge is -2.08. The molecular formula is C17H18O. The van der Waals surface area contributed by atoms with Crippen molar-refractivity contribution in [2.75, 3.05) is 0 Å². The van der Waals surface area contributed by atoms with Gasteiger partial charge >= 0.3 is 0 Å². The molecule has 1 nitrogen and oxygen atoms in total. The van der Waals surface area contributed by atoms with E-state index >= 15 is 0 Å². The maximum Gasteiger partial charge on any atom is 0.120 e. The van der Waals surface area contributed by atoms with Crippen LogP contribution in [-0.4, -0.2) is 0 Å². The molecule has 0 atom stereocenters. The Morgan fingerprint density at radius 3 is 2.44 bits per heavy atom. The molecular weight excluding hydrogens is 220 g/mol. The molecule has 0 fully saturated rings. The SMILES string of the molecule is C=C(C)Cc1cccc(OCc2ccccc2)c1. The van der Waals surface area contributed by atoms with Crippen LogP contribution in [-0.2, 0) is 13.0 Å². The fourth-order valence-corrected chi connectivity index (χ4v) is 1.83. The average Bonchev–Trinajstić information content (AvgIpc) is 2.37. The smallest absolute Gasteiger partial charge is 0.120 e. The molecule has 0 aromatic heterocycles. The van der Waals surface area contributed by atoms with E-state index in [4.69, 9.17) is 4.74 Å². The molecule has 1 heteroatoms. The second-order valence-corrected chi connectivity index (χ2v) is 4.56. The second kappa shape index (κ2) is 6.06. The van der Waals surface area contributed by atoms with Crippen LogP contribution in [0.4, 0.5) is 0 Å². The minimum absolute atomic E-state index is 0.608. The normalized spacial score (nSPS) is 10.1. The van der Waals surface area contributed by atoms with E-state index in [1.807, 2.05) is 37.3 Å². The number of hydrogen-bond acceptors (Lipinski definition) is 1. The first-order valence-electron chi connectivity index (χ1n) is 6.14. The molecule has 0 unspecified atom stereocenters. The largest absolute Gasteiger partial charge is 0.489 e. The van der Waals surface area contributed by atoms with Crippen molar-refractivity contribution in [2.24, 2.45) is 0 Å². The maximum absolute atomic E-state index is 5.78. The molecule has 18 heavy (non-hydrogen) atoms. The number of rotatable bonds is 5. The summed E-state index contributed by atoms with van der Waals surface area (Å²) in [6, 6.07) is 18.4. The molecule has 0 aliphatic rings. The van der Waals surface area contributed by atoms with Gasteiger partial charge in [0.2, 0.25) is 0 Å². The summed E-state index contributed by atoms with van der Waals surface area (Å²) in [6.07, 6.45) is 0.905. The Bertz CT molecular complexity index is 514. The van der Waals surface area contributed by atoms with Crippen LogP contribution in [0.2, 0.25) is 0 Å². The first-order valence-corrected chi connectivity index (χ1v) is 6.14. The van der Waals surface area contributed by atoms with Gasteiger partial charge < -0.3 is 4.74 Å². The Labute approximate surface area is 109 Å². The second-order valence-electron chi connectivity index (χ2n) is 4.56. The molecule has 0 aliphatic carbocycles. The van der Waals surface area contributed by atoms with Crippen LogP contribution in [0.5, 0.6) is 5.75 Å². The van der Waals surface area contributed by atoms with E-state index in [0.29, 0.717) is 6.61 Å². The molecule has 2 aromatic rings. The van der Waals surface area contributed by atoms with E-state index < -0.39 is 0 Å².